The zero-order valence-electron chi connectivity index (χ0n) is 13.3. The number of nitrogens with two attached hydrogens (primary N) is 1. The maximum absolute atomic E-state index is 10.9. The van der Waals surface area contributed by atoms with Crippen molar-refractivity contribution in [2.45, 2.75) is 20.3 Å². The number of primary amides is 1. The van der Waals surface area contributed by atoms with Crippen LogP contribution >= 0.6 is 0 Å². The predicted molar refractivity (Wildman–Crippen MR) is 87.9 cm³/mol. The molecule has 0 spiro atoms. The summed E-state index contributed by atoms with van der Waals surface area (Å²) >= 11 is 0. The van der Waals surface area contributed by atoms with E-state index in [1.165, 1.54) is 6.26 Å². The smallest absolute Gasteiger partial charge is 0.409 e. The standard InChI is InChI=1S/C16H21N3O4/c1-3-10(8-23-16(17)22)11-13(19-6-7-19)14(20)9(2)12(15(11)21)18-4-5-18/h8,20-21H,3-7H2,1-2H3,(H2,17,22). The minimum atomic E-state index is -0.911. The molecule has 124 valence electrons. The van der Waals surface area contributed by atoms with Crippen LogP contribution in [0.25, 0.3) is 5.57 Å². The minimum absolute atomic E-state index is 0.112. The number of phenolic OH excluding ortho intramolecular Hbond substituents is 2. The van der Waals surface area contributed by atoms with Gasteiger partial charge >= 0.3 is 6.09 Å². The van der Waals surface area contributed by atoms with Crippen LogP contribution in [0.1, 0.15) is 24.5 Å². The van der Waals surface area contributed by atoms with Crippen LogP contribution in [0.4, 0.5) is 16.2 Å². The second kappa shape index (κ2) is 5.57. The van der Waals surface area contributed by atoms with Crippen LogP contribution in [-0.2, 0) is 4.74 Å². The number of phenols is 2. The quantitative estimate of drug-likeness (QED) is 0.435. The maximum Gasteiger partial charge on any atom is 0.409 e. The Hall–Kier alpha value is -2.57. The summed E-state index contributed by atoms with van der Waals surface area (Å²) in [5, 5.41) is 21.5. The number of aromatic hydroxyl groups is 2. The van der Waals surface area contributed by atoms with Crippen LogP contribution in [0.5, 0.6) is 11.5 Å². The highest BCUT2D eigenvalue weighted by Gasteiger charge is 2.34. The lowest BCUT2D eigenvalue weighted by atomic mass is 9.96. The predicted octanol–water partition coefficient (Wildman–Crippen LogP) is 1.89. The lowest BCUT2D eigenvalue weighted by Crippen LogP contribution is -2.10. The van der Waals surface area contributed by atoms with Gasteiger partial charge in [0, 0.05) is 37.3 Å². The van der Waals surface area contributed by atoms with Crippen LogP contribution in [0.15, 0.2) is 6.26 Å². The molecule has 0 aromatic heterocycles. The number of nitrogens with zero attached hydrogens (tertiary/aromatic N) is 2. The summed E-state index contributed by atoms with van der Waals surface area (Å²) in [6, 6.07) is 0. The van der Waals surface area contributed by atoms with Crippen LogP contribution in [0.2, 0.25) is 0 Å². The lowest BCUT2D eigenvalue weighted by molar-refractivity contribution is 0.196. The number of benzene rings is 1. The molecular weight excluding hydrogens is 298 g/mol. The van der Waals surface area contributed by atoms with Gasteiger partial charge in [-0.2, -0.15) is 0 Å². The molecule has 1 amide bonds. The summed E-state index contributed by atoms with van der Waals surface area (Å²) in [5.41, 5.74) is 8.04. The van der Waals surface area contributed by atoms with E-state index in [2.05, 4.69) is 0 Å². The van der Waals surface area contributed by atoms with Gasteiger partial charge in [-0.1, -0.05) is 6.92 Å². The summed E-state index contributed by atoms with van der Waals surface area (Å²) in [6.07, 6.45) is 0.862. The number of ether oxygens (including phenoxy) is 1. The van der Waals surface area contributed by atoms with Gasteiger partial charge in [0.15, 0.2) is 0 Å². The Morgan fingerprint density at radius 2 is 1.74 bits per heavy atom. The number of rotatable bonds is 5. The van der Waals surface area contributed by atoms with Crippen molar-refractivity contribution in [3.8, 4) is 11.5 Å². The Balaban J connectivity index is 2.20. The molecule has 0 radical (unpaired) electrons. The first-order valence-electron chi connectivity index (χ1n) is 7.69. The molecule has 7 heteroatoms. The molecule has 1 aromatic carbocycles. The Morgan fingerprint density at radius 1 is 1.17 bits per heavy atom. The fourth-order valence-electron chi connectivity index (χ4n) is 2.81. The fourth-order valence-corrected chi connectivity index (χ4v) is 2.81. The summed E-state index contributed by atoms with van der Waals surface area (Å²) in [6.45, 7) is 7.01. The second-order valence-electron chi connectivity index (χ2n) is 5.80. The van der Waals surface area contributed by atoms with Crippen molar-refractivity contribution in [3.63, 3.8) is 0 Å². The molecule has 2 saturated heterocycles. The third-order valence-electron chi connectivity index (χ3n) is 4.18. The molecule has 0 atom stereocenters. The van der Waals surface area contributed by atoms with Gasteiger partial charge in [-0.3, -0.25) is 0 Å². The number of hydrogen-bond acceptors (Lipinski definition) is 6. The van der Waals surface area contributed by atoms with Crippen LogP contribution in [0, 0.1) is 6.92 Å². The van der Waals surface area contributed by atoms with E-state index in [1.54, 1.807) is 6.92 Å². The minimum Gasteiger partial charge on any atom is -0.505 e. The zero-order valence-corrected chi connectivity index (χ0v) is 13.3. The first-order chi connectivity index (χ1) is 11.0. The number of hydrogen-bond donors (Lipinski definition) is 3. The van der Waals surface area contributed by atoms with Gasteiger partial charge in [0.05, 0.1) is 16.9 Å². The third kappa shape index (κ3) is 2.74. The van der Waals surface area contributed by atoms with Gasteiger partial charge in [-0.15, -0.1) is 0 Å². The van der Waals surface area contributed by atoms with Crippen LogP contribution in [0.3, 0.4) is 0 Å². The Kier molecular flexibility index (Phi) is 3.71. The second-order valence-corrected chi connectivity index (χ2v) is 5.80. The van der Waals surface area contributed by atoms with E-state index >= 15 is 0 Å². The molecule has 2 aliphatic heterocycles. The fraction of sp³-hybridized carbons (Fsp3) is 0.438. The Morgan fingerprint density at radius 3 is 2.22 bits per heavy atom. The van der Waals surface area contributed by atoms with E-state index < -0.39 is 6.09 Å². The van der Waals surface area contributed by atoms with Crippen LogP contribution in [-0.4, -0.2) is 42.5 Å². The number of carbonyl (C=O) groups excluding carboxylic acids is 1. The topological polar surface area (TPSA) is 98.8 Å². The molecule has 2 fully saturated rings. The molecule has 0 bridgehead atoms. The van der Waals surface area contributed by atoms with E-state index in [4.69, 9.17) is 10.5 Å². The molecule has 23 heavy (non-hydrogen) atoms. The van der Waals surface area contributed by atoms with Gasteiger partial charge in [0.2, 0.25) is 0 Å². The van der Waals surface area contributed by atoms with E-state index in [1.807, 2.05) is 16.7 Å². The number of anilines is 2. The van der Waals surface area contributed by atoms with Crippen molar-refractivity contribution < 1.29 is 19.7 Å². The van der Waals surface area contributed by atoms with E-state index in [0.29, 0.717) is 34.5 Å². The Bertz CT molecular complexity index is 691. The van der Waals surface area contributed by atoms with Gasteiger partial charge in [0.25, 0.3) is 0 Å². The maximum atomic E-state index is 10.9. The molecule has 0 aliphatic carbocycles. The molecule has 2 aliphatic rings. The molecule has 7 nitrogen and oxygen atoms in total. The zero-order chi connectivity index (χ0) is 16.7. The van der Waals surface area contributed by atoms with Crippen molar-refractivity contribution in [2.75, 3.05) is 36.0 Å². The lowest BCUT2D eigenvalue weighted by Gasteiger charge is -2.22. The molecule has 3 rings (SSSR count). The normalized spacial score (nSPS) is 16.5. The van der Waals surface area contributed by atoms with Crippen LogP contribution < -0.4 is 15.5 Å². The average Bonchev–Trinajstić information content (AvgIpc) is 3.36. The van der Waals surface area contributed by atoms with Gasteiger partial charge in [-0.05, 0) is 13.3 Å². The molecular formula is C16H21N3O4. The van der Waals surface area contributed by atoms with Crippen molar-refractivity contribution >= 4 is 23.0 Å². The largest absolute Gasteiger partial charge is 0.505 e. The highest BCUT2D eigenvalue weighted by Crippen LogP contribution is 2.52. The van der Waals surface area contributed by atoms with Crippen molar-refractivity contribution in [1.29, 1.82) is 0 Å². The average molecular weight is 319 g/mol. The van der Waals surface area contributed by atoms with E-state index in [9.17, 15) is 15.0 Å². The molecule has 4 N–H and O–H groups in total. The van der Waals surface area contributed by atoms with Crippen molar-refractivity contribution in [2.24, 2.45) is 5.73 Å². The highest BCUT2D eigenvalue weighted by molar-refractivity contribution is 5.93. The van der Waals surface area contributed by atoms with Gasteiger partial charge in [-0.25, -0.2) is 4.79 Å². The Labute approximate surface area is 134 Å². The number of amides is 1. The number of allylic oxidation sites excluding steroid dienone is 1. The van der Waals surface area contributed by atoms with Gasteiger partial charge < -0.3 is 30.5 Å². The van der Waals surface area contributed by atoms with E-state index in [-0.39, 0.29) is 11.5 Å². The summed E-state index contributed by atoms with van der Waals surface area (Å²) in [7, 11) is 0. The van der Waals surface area contributed by atoms with Gasteiger partial charge in [0.1, 0.15) is 17.8 Å². The van der Waals surface area contributed by atoms with E-state index in [0.717, 1.165) is 26.2 Å². The highest BCUT2D eigenvalue weighted by atomic mass is 16.5. The SMILES string of the molecule is CCC(=COC(N)=O)c1c(O)c(N2CC2)c(C)c(O)c1N1CC1. The monoisotopic (exact) mass is 319 g/mol. The first kappa shape index (κ1) is 15.3. The summed E-state index contributed by atoms with van der Waals surface area (Å²) in [5.74, 6) is 0.275. The summed E-state index contributed by atoms with van der Waals surface area (Å²) in [4.78, 5) is 14.9. The molecule has 0 saturated carbocycles. The third-order valence-corrected chi connectivity index (χ3v) is 4.18. The first-order valence-corrected chi connectivity index (χ1v) is 7.69. The molecule has 1 aromatic rings. The number of carbonyl (C=O) groups is 1. The van der Waals surface area contributed by atoms with Crippen molar-refractivity contribution in [1.82, 2.24) is 0 Å². The summed E-state index contributed by atoms with van der Waals surface area (Å²) < 4.78 is 4.80. The molecule has 2 heterocycles. The molecule has 0 unspecified atom stereocenters. The van der Waals surface area contributed by atoms with Crippen molar-refractivity contribution in [3.05, 3.63) is 17.4 Å².